The summed E-state index contributed by atoms with van der Waals surface area (Å²) in [6.07, 6.45) is 2.00. The Hall–Kier alpha value is 0.0700. The van der Waals surface area contributed by atoms with Gasteiger partial charge in [0.1, 0.15) is 0 Å². The molecule has 0 aliphatic carbocycles. The molecule has 0 radical (unpaired) electrons. The molecule has 1 heterocycles. The third-order valence-electron chi connectivity index (χ3n) is 1.38. The van der Waals surface area contributed by atoms with E-state index in [1.54, 1.807) is 11.3 Å². The molecule has 0 saturated carbocycles. The molecule has 2 N–H and O–H groups in total. The summed E-state index contributed by atoms with van der Waals surface area (Å²) in [6.45, 7) is 2.02. The van der Waals surface area contributed by atoms with Crippen molar-refractivity contribution < 1.29 is 0 Å². The van der Waals surface area contributed by atoms with Crippen molar-refractivity contribution >= 4 is 27.3 Å². The predicted molar refractivity (Wildman–Crippen MR) is 51.8 cm³/mol. The lowest BCUT2D eigenvalue weighted by molar-refractivity contribution is 0.659. The molecule has 0 spiro atoms. The number of hydrogen-bond donors (Lipinski definition) is 1. The van der Waals surface area contributed by atoms with Crippen LogP contribution in [0.3, 0.4) is 0 Å². The van der Waals surface area contributed by atoms with Gasteiger partial charge in [0.15, 0.2) is 3.92 Å². The monoisotopic (exact) mass is 234 g/mol. The SMILES string of the molecule is CC(N)CCc1csc(Br)n1. The Bertz CT molecular complexity index is 222. The molecule has 0 aliphatic rings. The quantitative estimate of drug-likeness (QED) is 0.872. The summed E-state index contributed by atoms with van der Waals surface area (Å²) in [4.78, 5) is 4.26. The number of aromatic nitrogens is 1. The Morgan fingerprint density at radius 3 is 3.00 bits per heavy atom. The van der Waals surface area contributed by atoms with Crippen molar-refractivity contribution in [2.45, 2.75) is 25.8 Å². The lowest BCUT2D eigenvalue weighted by atomic mass is 10.2. The third kappa shape index (κ3) is 3.31. The second kappa shape index (κ2) is 4.18. The summed E-state index contributed by atoms with van der Waals surface area (Å²) in [5.41, 5.74) is 6.75. The van der Waals surface area contributed by atoms with Crippen molar-refractivity contribution in [2.24, 2.45) is 5.73 Å². The van der Waals surface area contributed by atoms with Gasteiger partial charge in [-0.25, -0.2) is 4.98 Å². The fraction of sp³-hybridized carbons (Fsp3) is 0.571. The van der Waals surface area contributed by atoms with E-state index in [1.165, 1.54) is 0 Å². The van der Waals surface area contributed by atoms with E-state index in [-0.39, 0.29) is 6.04 Å². The van der Waals surface area contributed by atoms with Gasteiger partial charge in [-0.05, 0) is 35.7 Å². The zero-order valence-electron chi connectivity index (χ0n) is 6.38. The summed E-state index contributed by atoms with van der Waals surface area (Å²) < 4.78 is 0.956. The van der Waals surface area contributed by atoms with Crippen LogP contribution < -0.4 is 5.73 Å². The topological polar surface area (TPSA) is 38.9 Å². The largest absolute Gasteiger partial charge is 0.328 e. The predicted octanol–water partition coefficient (Wildman–Crippen LogP) is 2.19. The Morgan fingerprint density at radius 1 is 1.82 bits per heavy atom. The van der Waals surface area contributed by atoms with Crippen molar-refractivity contribution in [3.8, 4) is 0 Å². The molecule has 0 fully saturated rings. The minimum Gasteiger partial charge on any atom is -0.328 e. The summed E-state index contributed by atoms with van der Waals surface area (Å²) in [7, 11) is 0. The first kappa shape index (κ1) is 9.16. The summed E-state index contributed by atoms with van der Waals surface area (Å²) >= 11 is 4.94. The molecule has 0 amide bonds. The molecule has 11 heavy (non-hydrogen) atoms. The number of nitrogens with zero attached hydrogens (tertiary/aromatic N) is 1. The number of nitrogens with two attached hydrogens (primary N) is 1. The Labute approximate surface area is 79.0 Å². The molecule has 1 rings (SSSR count). The van der Waals surface area contributed by atoms with Crippen LogP contribution in [0.15, 0.2) is 9.30 Å². The first-order valence-electron chi connectivity index (χ1n) is 3.54. The molecule has 0 saturated heterocycles. The fourth-order valence-electron chi connectivity index (χ4n) is 0.773. The van der Waals surface area contributed by atoms with Gasteiger partial charge in [0, 0.05) is 11.4 Å². The molecule has 1 atom stereocenters. The van der Waals surface area contributed by atoms with Gasteiger partial charge in [-0.1, -0.05) is 0 Å². The van der Waals surface area contributed by atoms with E-state index in [1.807, 2.05) is 6.92 Å². The highest BCUT2D eigenvalue weighted by Crippen LogP contribution is 2.16. The van der Waals surface area contributed by atoms with Crippen LogP contribution in [-0.2, 0) is 6.42 Å². The molecular formula is C7H11BrN2S. The average molecular weight is 235 g/mol. The smallest absolute Gasteiger partial charge is 0.159 e. The number of aryl methyl sites for hydroxylation is 1. The Morgan fingerprint density at radius 2 is 2.55 bits per heavy atom. The number of rotatable bonds is 3. The van der Waals surface area contributed by atoms with Gasteiger partial charge in [0.2, 0.25) is 0 Å². The van der Waals surface area contributed by atoms with Crippen LogP contribution in [-0.4, -0.2) is 11.0 Å². The highest BCUT2D eigenvalue weighted by molar-refractivity contribution is 9.11. The van der Waals surface area contributed by atoms with Gasteiger partial charge in [-0.2, -0.15) is 0 Å². The normalized spacial score (nSPS) is 13.4. The first-order valence-corrected chi connectivity index (χ1v) is 5.21. The zero-order valence-corrected chi connectivity index (χ0v) is 8.78. The number of hydrogen-bond acceptors (Lipinski definition) is 3. The Balaban J connectivity index is 2.39. The second-order valence-electron chi connectivity index (χ2n) is 2.61. The maximum absolute atomic E-state index is 5.61. The van der Waals surface area contributed by atoms with Gasteiger partial charge in [0.05, 0.1) is 5.69 Å². The highest BCUT2D eigenvalue weighted by Gasteiger charge is 2.00. The zero-order chi connectivity index (χ0) is 8.27. The molecule has 4 heteroatoms. The van der Waals surface area contributed by atoms with E-state index >= 15 is 0 Å². The minimum absolute atomic E-state index is 0.274. The van der Waals surface area contributed by atoms with Crippen molar-refractivity contribution in [3.05, 3.63) is 15.0 Å². The van der Waals surface area contributed by atoms with E-state index in [0.717, 1.165) is 22.5 Å². The van der Waals surface area contributed by atoms with Crippen LogP contribution in [0, 0.1) is 0 Å². The van der Waals surface area contributed by atoms with E-state index in [0.29, 0.717) is 0 Å². The van der Waals surface area contributed by atoms with Crippen LogP contribution in [0.2, 0.25) is 0 Å². The van der Waals surface area contributed by atoms with Crippen LogP contribution in [0.1, 0.15) is 19.0 Å². The van der Waals surface area contributed by atoms with E-state index in [2.05, 4.69) is 26.3 Å². The van der Waals surface area contributed by atoms with E-state index in [9.17, 15) is 0 Å². The fourth-order valence-corrected chi connectivity index (χ4v) is 1.85. The van der Waals surface area contributed by atoms with Gasteiger partial charge in [-0.3, -0.25) is 0 Å². The summed E-state index contributed by atoms with van der Waals surface area (Å²) in [6, 6.07) is 0.274. The second-order valence-corrected chi connectivity index (χ2v) is 4.74. The molecule has 0 bridgehead atoms. The molecule has 0 aliphatic heterocycles. The minimum atomic E-state index is 0.274. The van der Waals surface area contributed by atoms with Crippen molar-refractivity contribution in [1.82, 2.24) is 4.98 Å². The molecule has 62 valence electrons. The van der Waals surface area contributed by atoms with Gasteiger partial charge < -0.3 is 5.73 Å². The molecule has 1 unspecified atom stereocenters. The molecule has 1 aromatic rings. The van der Waals surface area contributed by atoms with Gasteiger partial charge in [0.25, 0.3) is 0 Å². The van der Waals surface area contributed by atoms with Crippen LogP contribution in [0.4, 0.5) is 0 Å². The molecule has 2 nitrogen and oxygen atoms in total. The van der Waals surface area contributed by atoms with E-state index in [4.69, 9.17) is 5.73 Å². The van der Waals surface area contributed by atoms with Crippen LogP contribution in [0.25, 0.3) is 0 Å². The highest BCUT2D eigenvalue weighted by atomic mass is 79.9. The number of halogens is 1. The molecular weight excluding hydrogens is 224 g/mol. The van der Waals surface area contributed by atoms with Crippen molar-refractivity contribution in [3.63, 3.8) is 0 Å². The molecule has 0 aromatic carbocycles. The molecule has 1 aromatic heterocycles. The lowest BCUT2D eigenvalue weighted by Gasteiger charge is -2.00. The van der Waals surface area contributed by atoms with Crippen LogP contribution >= 0.6 is 27.3 Å². The van der Waals surface area contributed by atoms with Gasteiger partial charge in [-0.15, -0.1) is 11.3 Å². The lowest BCUT2D eigenvalue weighted by Crippen LogP contribution is -2.15. The third-order valence-corrected chi connectivity index (χ3v) is 2.79. The van der Waals surface area contributed by atoms with Crippen molar-refractivity contribution in [2.75, 3.05) is 0 Å². The first-order chi connectivity index (χ1) is 5.18. The Kier molecular flexibility index (Phi) is 3.48. The van der Waals surface area contributed by atoms with Gasteiger partial charge >= 0.3 is 0 Å². The average Bonchev–Trinajstić information content (AvgIpc) is 2.31. The standard InChI is InChI=1S/C7H11BrN2S/c1-5(9)2-3-6-4-11-7(8)10-6/h4-5H,2-3,9H2,1H3. The summed E-state index contributed by atoms with van der Waals surface area (Å²) in [5.74, 6) is 0. The number of thiazole rings is 1. The maximum Gasteiger partial charge on any atom is 0.159 e. The van der Waals surface area contributed by atoms with Crippen LogP contribution in [0.5, 0.6) is 0 Å². The summed E-state index contributed by atoms with van der Waals surface area (Å²) in [5, 5.41) is 2.06. The van der Waals surface area contributed by atoms with Crippen molar-refractivity contribution in [1.29, 1.82) is 0 Å². The maximum atomic E-state index is 5.61. The van der Waals surface area contributed by atoms with E-state index < -0.39 is 0 Å².